The Morgan fingerprint density at radius 1 is 0.357 bits per heavy atom. The molecular weight excluding hydrogens is 1250 g/mol. The zero-order valence-corrected chi connectivity index (χ0v) is 61.8. The average molecular weight is 1400 g/mol. The minimum absolute atomic E-state index is 0.241. The second-order valence-electron chi connectivity index (χ2n) is 29.2. The van der Waals surface area contributed by atoms with Gasteiger partial charge in [-0.1, -0.05) is 327 Å². The van der Waals surface area contributed by atoms with Gasteiger partial charge in [-0.15, -0.1) is 0 Å². The van der Waals surface area contributed by atoms with Gasteiger partial charge in [-0.05, 0) is 32.1 Å². The van der Waals surface area contributed by atoms with Gasteiger partial charge in [0, 0.05) is 6.42 Å². The molecule has 0 aliphatic carbocycles. The van der Waals surface area contributed by atoms with E-state index in [1.54, 1.807) is 6.08 Å². The summed E-state index contributed by atoms with van der Waals surface area (Å²) >= 11 is 0. The fourth-order valence-electron chi connectivity index (χ4n) is 14.0. The van der Waals surface area contributed by atoms with Gasteiger partial charge >= 0.3 is 0 Å². The molecule has 3 aliphatic heterocycles. The number of amides is 1. The Morgan fingerprint density at radius 3 is 1.02 bits per heavy atom. The third-order valence-corrected chi connectivity index (χ3v) is 20.5. The zero-order valence-electron chi connectivity index (χ0n) is 61.8. The fraction of sp³-hybridized carbons (Fsp3) is 0.937. The van der Waals surface area contributed by atoms with Crippen LogP contribution in [0.15, 0.2) is 24.3 Å². The van der Waals surface area contributed by atoms with Gasteiger partial charge in [-0.2, -0.15) is 0 Å². The number of aliphatic hydroxyl groups excluding tert-OH is 11. The Bertz CT molecular complexity index is 1870. The maximum absolute atomic E-state index is 13.5. The molecule has 3 aliphatic rings. The summed E-state index contributed by atoms with van der Waals surface area (Å²) < 4.78 is 34.4. The number of carbonyl (C=O) groups is 1. The Balaban J connectivity index is 1.38. The smallest absolute Gasteiger partial charge is 0.220 e. The number of hydrogen-bond donors (Lipinski definition) is 12. The summed E-state index contributed by atoms with van der Waals surface area (Å²) in [5, 5.41) is 121. The third-order valence-electron chi connectivity index (χ3n) is 20.5. The summed E-state index contributed by atoms with van der Waals surface area (Å²) in [4.78, 5) is 13.5. The largest absolute Gasteiger partial charge is 0.394 e. The summed E-state index contributed by atoms with van der Waals surface area (Å²) in [6, 6.07) is -0.988. The zero-order chi connectivity index (χ0) is 71.1. The first-order chi connectivity index (χ1) is 47.8. The highest BCUT2D eigenvalue weighted by Crippen LogP contribution is 2.33. The van der Waals surface area contributed by atoms with Crippen LogP contribution in [0, 0.1) is 0 Å². The SMILES string of the molecule is CCCCCCCCCCCCCCCCCCCCCCCCCCCC/C=C/CC/C=C/C(O)C(COC1OC(CO)C(OC2OC(CO)C(OC3OC(CO)C(O)C(O)C3O)C(O)C2O)C(O)C1O)NC(=O)CCCCCCCCCCCCCCCCCCCCCCC. The van der Waals surface area contributed by atoms with Gasteiger partial charge in [-0.3, -0.25) is 4.79 Å². The fourth-order valence-corrected chi connectivity index (χ4v) is 14.0. The van der Waals surface area contributed by atoms with Crippen molar-refractivity contribution in [3.05, 3.63) is 24.3 Å². The van der Waals surface area contributed by atoms with E-state index in [1.165, 1.54) is 270 Å². The van der Waals surface area contributed by atoms with E-state index in [2.05, 4.69) is 31.3 Å². The summed E-state index contributed by atoms with van der Waals surface area (Å²) in [6.07, 6.45) is 46.1. The van der Waals surface area contributed by atoms with Gasteiger partial charge in [0.1, 0.15) is 73.2 Å². The molecule has 0 aromatic heterocycles. The molecule has 17 unspecified atom stereocenters. The Labute approximate surface area is 594 Å². The quantitative estimate of drug-likeness (QED) is 0.0199. The lowest BCUT2D eigenvalue weighted by atomic mass is 9.96. The first-order valence-corrected chi connectivity index (χ1v) is 40.6. The lowest BCUT2D eigenvalue weighted by Gasteiger charge is -2.48. The van der Waals surface area contributed by atoms with Crippen LogP contribution in [0.1, 0.15) is 341 Å². The third kappa shape index (κ3) is 40.5. The minimum atomic E-state index is -1.98. The van der Waals surface area contributed by atoms with E-state index in [1.807, 2.05) is 6.08 Å². The number of rotatable bonds is 65. The standard InChI is InChI=1S/C79H149NO18/c1-3-5-7-9-11-13-15-17-19-21-23-25-26-27-28-29-30-31-32-33-34-35-37-38-40-42-44-46-48-50-52-54-56-63(84)62(80-67(85)57-55-53-51-49-47-45-43-41-39-36-24-22-20-18-16-14-12-10-8-6-4-2)61-93-77-73(91)70(88)75(65(59-82)95-77)98-79-74(92)71(89)76(66(60-83)96-79)97-78-72(90)69(87)68(86)64(58-81)94-78/h46,48,54,56,62-66,68-79,81-84,86-92H,3-45,47,49-53,55,57-61H2,1-2H3,(H,80,85)/b48-46+,56-54+. The second-order valence-corrected chi connectivity index (χ2v) is 29.2. The first kappa shape index (κ1) is 90.5. The van der Waals surface area contributed by atoms with Crippen LogP contribution in [-0.4, -0.2) is 193 Å². The molecule has 0 bridgehead atoms. The van der Waals surface area contributed by atoms with Gasteiger partial charge in [0.25, 0.3) is 0 Å². The Kier molecular flexibility index (Phi) is 55.9. The van der Waals surface area contributed by atoms with E-state index in [-0.39, 0.29) is 18.9 Å². The second kappa shape index (κ2) is 60.5. The predicted octanol–water partition coefficient (Wildman–Crippen LogP) is 13.3. The van der Waals surface area contributed by atoms with Gasteiger partial charge in [0.2, 0.25) is 5.91 Å². The maximum atomic E-state index is 13.5. The molecule has 578 valence electrons. The van der Waals surface area contributed by atoms with Gasteiger partial charge in [0.05, 0.1) is 38.6 Å². The molecule has 3 rings (SSSR count). The van der Waals surface area contributed by atoms with Crippen LogP contribution in [0.3, 0.4) is 0 Å². The van der Waals surface area contributed by atoms with Crippen LogP contribution in [-0.2, 0) is 33.2 Å². The van der Waals surface area contributed by atoms with Crippen LogP contribution in [0.4, 0.5) is 0 Å². The van der Waals surface area contributed by atoms with Crippen molar-refractivity contribution in [1.29, 1.82) is 0 Å². The van der Waals surface area contributed by atoms with Gasteiger partial charge < -0.3 is 89.9 Å². The molecular formula is C79H149NO18. The topological polar surface area (TPSA) is 307 Å². The number of carbonyl (C=O) groups excluding carboxylic acids is 1. The van der Waals surface area contributed by atoms with Crippen molar-refractivity contribution < 1.29 is 89.4 Å². The average Bonchev–Trinajstić information content (AvgIpc) is 0.785. The molecule has 3 saturated heterocycles. The number of aliphatic hydroxyl groups is 11. The van der Waals surface area contributed by atoms with E-state index in [0.717, 1.165) is 38.5 Å². The van der Waals surface area contributed by atoms with E-state index in [0.29, 0.717) is 12.8 Å². The molecule has 0 radical (unpaired) electrons. The Hall–Kier alpha value is -1.73. The van der Waals surface area contributed by atoms with E-state index < -0.39 is 124 Å². The summed E-state index contributed by atoms with van der Waals surface area (Å²) in [6.45, 7) is 1.78. The number of hydrogen-bond acceptors (Lipinski definition) is 18. The van der Waals surface area contributed by atoms with Crippen LogP contribution in [0.2, 0.25) is 0 Å². The normalized spacial score (nSPS) is 26.8. The molecule has 0 spiro atoms. The predicted molar refractivity (Wildman–Crippen MR) is 388 cm³/mol. The van der Waals surface area contributed by atoms with Crippen molar-refractivity contribution >= 4 is 5.91 Å². The lowest BCUT2D eigenvalue weighted by Crippen LogP contribution is -2.66. The molecule has 0 saturated carbocycles. The van der Waals surface area contributed by atoms with E-state index >= 15 is 0 Å². The number of ether oxygens (including phenoxy) is 6. The molecule has 0 aromatic carbocycles. The molecule has 19 heteroatoms. The monoisotopic (exact) mass is 1400 g/mol. The van der Waals surface area contributed by atoms with Crippen molar-refractivity contribution in [3.63, 3.8) is 0 Å². The molecule has 0 aromatic rings. The summed E-state index contributed by atoms with van der Waals surface area (Å²) in [5.41, 5.74) is 0. The molecule has 12 N–H and O–H groups in total. The van der Waals surface area contributed by atoms with E-state index in [4.69, 9.17) is 28.4 Å². The van der Waals surface area contributed by atoms with Crippen molar-refractivity contribution in [2.45, 2.75) is 446 Å². The molecule has 1 amide bonds. The summed E-state index contributed by atoms with van der Waals surface area (Å²) in [5.74, 6) is -0.278. The van der Waals surface area contributed by atoms with E-state index in [9.17, 15) is 61.0 Å². The number of allylic oxidation sites excluding steroid dienone is 3. The van der Waals surface area contributed by atoms with Crippen LogP contribution < -0.4 is 5.32 Å². The molecule has 19 nitrogen and oxygen atoms in total. The van der Waals surface area contributed by atoms with Crippen molar-refractivity contribution in [3.8, 4) is 0 Å². The first-order valence-electron chi connectivity index (χ1n) is 40.6. The van der Waals surface area contributed by atoms with Gasteiger partial charge in [0.15, 0.2) is 18.9 Å². The van der Waals surface area contributed by atoms with Crippen LogP contribution >= 0.6 is 0 Å². The highest BCUT2D eigenvalue weighted by molar-refractivity contribution is 5.76. The molecule has 3 fully saturated rings. The van der Waals surface area contributed by atoms with Crippen molar-refractivity contribution in [2.24, 2.45) is 0 Å². The molecule has 98 heavy (non-hydrogen) atoms. The number of nitrogens with one attached hydrogen (secondary N) is 1. The summed E-state index contributed by atoms with van der Waals surface area (Å²) in [7, 11) is 0. The van der Waals surface area contributed by atoms with Crippen LogP contribution in [0.25, 0.3) is 0 Å². The number of unbranched alkanes of at least 4 members (excludes halogenated alkanes) is 47. The van der Waals surface area contributed by atoms with Crippen molar-refractivity contribution in [2.75, 3.05) is 26.4 Å². The molecule has 17 atom stereocenters. The highest BCUT2D eigenvalue weighted by Gasteiger charge is 2.54. The minimum Gasteiger partial charge on any atom is -0.394 e. The lowest BCUT2D eigenvalue weighted by molar-refractivity contribution is -0.379. The highest BCUT2D eigenvalue weighted by atomic mass is 16.8. The van der Waals surface area contributed by atoms with Crippen molar-refractivity contribution in [1.82, 2.24) is 5.32 Å². The van der Waals surface area contributed by atoms with Crippen LogP contribution in [0.5, 0.6) is 0 Å². The van der Waals surface area contributed by atoms with Gasteiger partial charge in [-0.25, -0.2) is 0 Å². The molecule has 3 heterocycles. The maximum Gasteiger partial charge on any atom is 0.220 e. The Morgan fingerprint density at radius 2 is 0.653 bits per heavy atom.